The van der Waals surface area contributed by atoms with Crippen LogP contribution < -0.4 is 10.6 Å². The molecular formula is C20H19BrF3N5. The number of aromatic nitrogens is 3. The van der Waals surface area contributed by atoms with E-state index in [0.29, 0.717) is 28.8 Å². The summed E-state index contributed by atoms with van der Waals surface area (Å²) in [7, 11) is 0. The Morgan fingerprint density at radius 1 is 1.07 bits per heavy atom. The highest BCUT2D eigenvalue weighted by Crippen LogP contribution is 2.35. The first-order valence-corrected chi connectivity index (χ1v) is 9.76. The smallest absolute Gasteiger partial charge is 0.352 e. The highest BCUT2D eigenvalue weighted by Gasteiger charge is 2.30. The van der Waals surface area contributed by atoms with Gasteiger partial charge in [-0.1, -0.05) is 13.0 Å². The molecule has 29 heavy (non-hydrogen) atoms. The minimum absolute atomic E-state index is 0.152. The van der Waals surface area contributed by atoms with Crippen molar-refractivity contribution in [2.75, 3.05) is 10.6 Å². The topological polar surface area (TPSA) is 62.7 Å². The molecule has 0 amide bonds. The van der Waals surface area contributed by atoms with Crippen LogP contribution in [0.15, 0.2) is 53.1 Å². The fourth-order valence-electron chi connectivity index (χ4n) is 2.47. The summed E-state index contributed by atoms with van der Waals surface area (Å²) in [5.41, 5.74) is 0.984. The summed E-state index contributed by atoms with van der Waals surface area (Å²) >= 11 is 3.20. The molecule has 2 heterocycles. The van der Waals surface area contributed by atoms with Gasteiger partial charge in [-0.2, -0.15) is 18.2 Å². The van der Waals surface area contributed by atoms with Gasteiger partial charge in [-0.25, -0.2) is 4.98 Å². The molecule has 0 unspecified atom stereocenters. The molecule has 0 saturated carbocycles. The first kappa shape index (κ1) is 21.0. The molecule has 3 rings (SSSR count). The number of rotatable bonds is 6. The fourth-order valence-corrected chi connectivity index (χ4v) is 2.95. The van der Waals surface area contributed by atoms with Gasteiger partial charge < -0.3 is 10.6 Å². The van der Waals surface area contributed by atoms with Crippen molar-refractivity contribution < 1.29 is 13.2 Å². The molecule has 1 atom stereocenters. The molecule has 0 bridgehead atoms. The molecule has 3 aromatic rings. The standard InChI is InChI=1S/C20H19BrF3N5/c1-3-12(2)26-19-28-17(16-6-4-5-9-25-16)11-18(29-19)27-15-8-7-13(10-14(15)21)20(22,23)24/h4-12H,3H2,1-2H3,(H2,26,27,28,29)/t12-/m0/s1. The number of anilines is 3. The van der Waals surface area contributed by atoms with Crippen LogP contribution in [0, 0.1) is 0 Å². The summed E-state index contributed by atoms with van der Waals surface area (Å²) in [6, 6.07) is 10.7. The van der Waals surface area contributed by atoms with Crippen molar-refractivity contribution in [2.24, 2.45) is 0 Å². The summed E-state index contributed by atoms with van der Waals surface area (Å²) in [6.45, 7) is 4.05. The second kappa shape index (κ2) is 8.77. The number of hydrogen-bond acceptors (Lipinski definition) is 5. The van der Waals surface area contributed by atoms with Gasteiger partial charge in [0.15, 0.2) is 0 Å². The van der Waals surface area contributed by atoms with Crippen molar-refractivity contribution in [2.45, 2.75) is 32.5 Å². The SMILES string of the molecule is CC[C@H](C)Nc1nc(Nc2ccc(C(F)(F)F)cc2Br)cc(-c2ccccn2)n1. The highest BCUT2D eigenvalue weighted by atomic mass is 79.9. The monoisotopic (exact) mass is 465 g/mol. The fraction of sp³-hybridized carbons (Fsp3) is 0.250. The lowest BCUT2D eigenvalue weighted by Gasteiger charge is -2.15. The Hall–Kier alpha value is -2.68. The van der Waals surface area contributed by atoms with Crippen LogP contribution in [0.5, 0.6) is 0 Å². The molecule has 2 aromatic heterocycles. The van der Waals surface area contributed by atoms with Crippen LogP contribution >= 0.6 is 15.9 Å². The molecule has 5 nitrogen and oxygen atoms in total. The number of pyridine rings is 1. The number of benzene rings is 1. The maximum atomic E-state index is 12.9. The minimum Gasteiger partial charge on any atom is -0.352 e. The van der Waals surface area contributed by atoms with Crippen molar-refractivity contribution in [3.05, 3.63) is 58.7 Å². The maximum absolute atomic E-state index is 12.9. The van der Waals surface area contributed by atoms with Crippen LogP contribution in [0.25, 0.3) is 11.4 Å². The molecule has 0 spiro atoms. The van der Waals surface area contributed by atoms with Gasteiger partial charge in [0.25, 0.3) is 0 Å². The van der Waals surface area contributed by atoms with E-state index >= 15 is 0 Å². The lowest BCUT2D eigenvalue weighted by atomic mass is 10.2. The molecule has 2 N–H and O–H groups in total. The molecular weight excluding hydrogens is 447 g/mol. The van der Waals surface area contributed by atoms with E-state index < -0.39 is 11.7 Å². The van der Waals surface area contributed by atoms with E-state index in [9.17, 15) is 13.2 Å². The number of nitrogens with zero attached hydrogens (tertiary/aromatic N) is 3. The molecule has 0 aliphatic rings. The van der Waals surface area contributed by atoms with Crippen LogP contribution in [0.1, 0.15) is 25.8 Å². The quantitative estimate of drug-likeness (QED) is 0.448. The predicted octanol–water partition coefficient (Wildman–Crippen LogP) is 6.27. The van der Waals surface area contributed by atoms with Crippen molar-refractivity contribution in [1.82, 2.24) is 15.0 Å². The minimum atomic E-state index is -4.41. The first-order valence-electron chi connectivity index (χ1n) is 8.97. The maximum Gasteiger partial charge on any atom is 0.416 e. The Morgan fingerprint density at radius 3 is 2.48 bits per heavy atom. The lowest BCUT2D eigenvalue weighted by Crippen LogP contribution is -2.16. The summed E-state index contributed by atoms with van der Waals surface area (Å²) < 4.78 is 39.0. The van der Waals surface area contributed by atoms with Crippen LogP contribution in [0.2, 0.25) is 0 Å². The van der Waals surface area contributed by atoms with Crippen LogP contribution in [-0.2, 0) is 6.18 Å². The largest absolute Gasteiger partial charge is 0.416 e. The Balaban J connectivity index is 1.97. The zero-order chi connectivity index (χ0) is 21.0. The third-order valence-corrected chi connectivity index (χ3v) is 4.86. The summed E-state index contributed by atoms with van der Waals surface area (Å²) in [4.78, 5) is 13.3. The number of nitrogens with one attached hydrogen (secondary N) is 2. The van der Waals surface area contributed by atoms with Crippen LogP contribution in [0.3, 0.4) is 0 Å². The number of alkyl halides is 3. The van der Waals surface area contributed by atoms with E-state index in [4.69, 9.17) is 0 Å². The number of halogens is 4. The first-order chi connectivity index (χ1) is 13.8. The van der Waals surface area contributed by atoms with Gasteiger partial charge in [-0.3, -0.25) is 4.98 Å². The van der Waals surface area contributed by atoms with Crippen molar-refractivity contribution >= 4 is 33.4 Å². The molecule has 0 aliphatic carbocycles. The van der Waals surface area contributed by atoms with Gasteiger partial charge in [0.1, 0.15) is 5.82 Å². The normalized spacial score (nSPS) is 12.5. The van der Waals surface area contributed by atoms with E-state index in [2.05, 4.69) is 41.5 Å². The molecule has 0 aliphatic heterocycles. The van der Waals surface area contributed by atoms with Crippen LogP contribution in [-0.4, -0.2) is 21.0 Å². The Bertz CT molecular complexity index is 980. The van der Waals surface area contributed by atoms with Crippen LogP contribution in [0.4, 0.5) is 30.6 Å². The Kier molecular flexibility index (Phi) is 6.36. The van der Waals surface area contributed by atoms with Gasteiger partial charge >= 0.3 is 6.18 Å². The Morgan fingerprint density at radius 2 is 1.86 bits per heavy atom. The summed E-state index contributed by atoms with van der Waals surface area (Å²) in [6.07, 6.45) is -1.86. The van der Waals surface area contributed by atoms with Gasteiger partial charge in [0, 0.05) is 22.8 Å². The summed E-state index contributed by atoms with van der Waals surface area (Å²) in [5.74, 6) is 0.847. The van der Waals surface area contributed by atoms with Gasteiger partial charge in [-0.05, 0) is 59.6 Å². The van der Waals surface area contributed by atoms with Gasteiger partial charge in [-0.15, -0.1) is 0 Å². The third kappa shape index (κ3) is 5.44. The average molecular weight is 466 g/mol. The molecule has 0 fully saturated rings. The average Bonchev–Trinajstić information content (AvgIpc) is 2.69. The second-order valence-corrected chi connectivity index (χ2v) is 7.30. The predicted molar refractivity (Wildman–Crippen MR) is 111 cm³/mol. The molecule has 1 aromatic carbocycles. The second-order valence-electron chi connectivity index (χ2n) is 6.45. The molecule has 152 valence electrons. The van der Waals surface area contributed by atoms with E-state index in [-0.39, 0.29) is 10.5 Å². The van der Waals surface area contributed by atoms with Crippen molar-refractivity contribution in [3.8, 4) is 11.4 Å². The van der Waals surface area contributed by atoms with E-state index in [1.807, 2.05) is 32.0 Å². The van der Waals surface area contributed by atoms with Crippen molar-refractivity contribution in [1.29, 1.82) is 0 Å². The lowest BCUT2D eigenvalue weighted by molar-refractivity contribution is -0.137. The highest BCUT2D eigenvalue weighted by molar-refractivity contribution is 9.10. The van der Waals surface area contributed by atoms with E-state index in [0.717, 1.165) is 18.6 Å². The summed E-state index contributed by atoms with van der Waals surface area (Å²) in [5, 5.41) is 6.28. The number of hydrogen-bond donors (Lipinski definition) is 2. The third-order valence-electron chi connectivity index (χ3n) is 4.20. The zero-order valence-corrected chi connectivity index (χ0v) is 17.3. The van der Waals surface area contributed by atoms with E-state index in [1.54, 1.807) is 12.3 Å². The van der Waals surface area contributed by atoms with Gasteiger partial charge in [0.2, 0.25) is 5.95 Å². The van der Waals surface area contributed by atoms with Gasteiger partial charge in [0.05, 0.1) is 22.6 Å². The zero-order valence-electron chi connectivity index (χ0n) is 15.8. The van der Waals surface area contributed by atoms with Crippen molar-refractivity contribution in [3.63, 3.8) is 0 Å². The Labute approximate surface area is 174 Å². The molecule has 9 heteroatoms. The van der Waals surface area contributed by atoms with E-state index in [1.165, 1.54) is 6.07 Å². The molecule has 0 radical (unpaired) electrons. The molecule has 0 saturated heterocycles.